The molecular formula is C26H35FN6O. The Morgan fingerprint density at radius 2 is 1.68 bits per heavy atom. The van der Waals surface area contributed by atoms with Crippen molar-refractivity contribution in [1.82, 2.24) is 19.8 Å². The lowest BCUT2D eigenvalue weighted by Gasteiger charge is -2.41. The number of rotatable bonds is 4. The maximum atomic E-state index is 13.3. The summed E-state index contributed by atoms with van der Waals surface area (Å²) >= 11 is 0. The monoisotopic (exact) mass is 466 g/mol. The molecule has 1 aromatic heterocycles. The summed E-state index contributed by atoms with van der Waals surface area (Å²) in [5, 5.41) is 0. The highest BCUT2D eigenvalue weighted by Crippen LogP contribution is 2.30. The van der Waals surface area contributed by atoms with Gasteiger partial charge in [0.15, 0.2) is 0 Å². The Morgan fingerprint density at radius 1 is 0.971 bits per heavy atom. The largest absolute Gasteiger partial charge is 0.362 e. The van der Waals surface area contributed by atoms with Crippen molar-refractivity contribution in [2.24, 2.45) is 0 Å². The molecule has 2 aromatic rings. The highest BCUT2D eigenvalue weighted by molar-refractivity contribution is 5.94. The third-order valence-electron chi connectivity index (χ3n) is 7.52. The normalized spacial score (nSPS) is 19.7. The average Bonchev–Trinajstić information content (AvgIpc) is 2.88. The number of fused-ring (bicyclic) bond motifs is 1. The number of halogens is 1. The van der Waals surface area contributed by atoms with Crippen LogP contribution in [0.5, 0.6) is 0 Å². The molecule has 0 unspecified atom stereocenters. The number of hydrogen-bond acceptors (Lipinski definition) is 6. The van der Waals surface area contributed by atoms with Crippen LogP contribution in [0, 0.1) is 5.82 Å². The van der Waals surface area contributed by atoms with Crippen LogP contribution in [0.4, 0.5) is 16.2 Å². The number of aromatic nitrogens is 2. The van der Waals surface area contributed by atoms with E-state index in [1.54, 1.807) is 12.1 Å². The van der Waals surface area contributed by atoms with Crippen molar-refractivity contribution in [2.75, 3.05) is 56.6 Å². The summed E-state index contributed by atoms with van der Waals surface area (Å²) < 4.78 is 13.3. The van der Waals surface area contributed by atoms with E-state index in [0.29, 0.717) is 25.1 Å². The Balaban J connectivity index is 1.31. The van der Waals surface area contributed by atoms with Crippen molar-refractivity contribution in [3.8, 4) is 0 Å². The number of carbonyl (C=O) groups excluding carboxylic acids is 1. The Morgan fingerprint density at radius 3 is 2.35 bits per heavy atom. The molecule has 0 radical (unpaired) electrons. The van der Waals surface area contributed by atoms with E-state index in [4.69, 9.17) is 9.97 Å². The van der Waals surface area contributed by atoms with Gasteiger partial charge < -0.3 is 14.7 Å². The predicted octanol–water partition coefficient (Wildman–Crippen LogP) is 3.33. The van der Waals surface area contributed by atoms with Gasteiger partial charge in [0.05, 0.1) is 12.2 Å². The minimum atomic E-state index is -0.337. The highest BCUT2D eigenvalue weighted by Gasteiger charge is 2.30. The van der Waals surface area contributed by atoms with E-state index in [9.17, 15) is 9.18 Å². The lowest BCUT2D eigenvalue weighted by molar-refractivity contribution is 0.0733. The van der Waals surface area contributed by atoms with Crippen LogP contribution in [0.2, 0.25) is 0 Å². The molecule has 3 aliphatic rings. The Labute approximate surface area is 201 Å². The van der Waals surface area contributed by atoms with Crippen molar-refractivity contribution in [2.45, 2.75) is 51.1 Å². The third kappa shape index (κ3) is 4.73. The summed E-state index contributed by atoms with van der Waals surface area (Å²) in [6.45, 7) is 5.12. The summed E-state index contributed by atoms with van der Waals surface area (Å²) in [5.41, 5.74) is 2.55. The first-order valence-corrected chi connectivity index (χ1v) is 12.6. The first-order valence-electron chi connectivity index (χ1n) is 12.6. The van der Waals surface area contributed by atoms with E-state index in [1.807, 2.05) is 23.9 Å². The smallest absolute Gasteiger partial charge is 0.254 e. The van der Waals surface area contributed by atoms with Gasteiger partial charge in [0.2, 0.25) is 5.95 Å². The van der Waals surface area contributed by atoms with Gasteiger partial charge in [0.1, 0.15) is 11.6 Å². The van der Waals surface area contributed by atoms with Crippen molar-refractivity contribution >= 4 is 17.7 Å². The van der Waals surface area contributed by atoms with Gasteiger partial charge in [-0.05, 0) is 37.1 Å². The molecule has 1 saturated carbocycles. The molecule has 2 fully saturated rings. The summed E-state index contributed by atoms with van der Waals surface area (Å²) in [5.74, 6) is 1.27. The van der Waals surface area contributed by atoms with Gasteiger partial charge in [-0.15, -0.1) is 0 Å². The van der Waals surface area contributed by atoms with E-state index in [2.05, 4.69) is 9.80 Å². The zero-order valence-corrected chi connectivity index (χ0v) is 20.3. The number of nitrogens with zero attached hydrogens (tertiary/aromatic N) is 6. The summed E-state index contributed by atoms with van der Waals surface area (Å²) in [7, 11) is 3.99. The second kappa shape index (κ2) is 9.86. The summed E-state index contributed by atoms with van der Waals surface area (Å²) in [6.07, 6.45) is 7.50. The van der Waals surface area contributed by atoms with Crippen molar-refractivity contribution in [3.63, 3.8) is 0 Å². The zero-order chi connectivity index (χ0) is 23.7. The summed E-state index contributed by atoms with van der Waals surface area (Å²) in [6, 6.07) is 6.51. The number of piperazine rings is 1. The molecule has 1 aliphatic carbocycles. The second-order valence-corrected chi connectivity index (χ2v) is 9.97. The molecule has 0 atom stereocenters. The van der Waals surface area contributed by atoms with Gasteiger partial charge >= 0.3 is 0 Å². The minimum absolute atomic E-state index is 0.0849. The third-order valence-corrected chi connectivity index (χ3v) is 7.52. The fourth-order valence-electron chi connectivity index (χ4n) is 5.58. The Kier molecular flexibility index (Phi) is 6.68. The van der Waals surface area contributed by atoms with E-state index in [-0.39, 0.29) is 11.7 Å². The van der Waals surface area contributed by atoms with Crippen LogP contribution in [0.3, 0.4) is 0 Å². The zero-order valence-electron chi connectivity index (χ0n) is 20.3. The molecule has 1 amide bonds. The topological polar surface area (TPSA) is 55.8 Å². The van der Waals surface area contributed by atoms with Gasteiger partial charge in [0, 0.05) is 70.4 Å². The molecule has 182 valence electrons. The number of anilines is 2. The van der Waals surface area contributed by atoms with Gasteiger partial charge in [-0.2, -0.15) is 4.98 Å². The van der Waals surface area contributed by atoms with Crippen LogP contribution in [0.15, 0.2) is 24.3 Å². The molecule has 8 heteroatoms. The molecule has 3 heterocycles. The highest BCUT2D eigenvalue weighted by atomic mass is 19.1. The SMILES string of the molecule is CN(C)c1nc(N2CCN(C3CCCCC3)CC2)nc2c1CN(C(=O)c1ccc(F)cc1)CC2. The van der Waals surface area contributed by atoms with Crippen molar-refractivity contribution in [3.05, 3.63) is 46.9 Å². The molecule has 2 aliphatic heterocycles. The molecule has 34 heavy (non-hydrogen) atoms. The minimum Gasteiger partial charge on any atom is -0.362 e. The molecule has 0 spiro atoms. The fourth-order valence-corrected chi connectivity index (χ4v) is 5.58. The maximum Gasteiger partial charge on any atom is 0.254 e. The number of benzene rings is 1. The second-order valence-electron chi connectivity index (χ2n) is 9.97. The lowest BCUT2D eigenvalue weighted by Crippen LogP contribution is -2.51. The summed E-state index contributed by atoms with van der Waals surface area (Å²) in [4.78, 5) is 31.8. The first kappa shape index (κ1) is 23.0. The van der Waals surface area contributed by atoms with Crippen LogP contribution in [0.1, 0.15) is 53.7 Å². The number of carbonyl (C=O) groups is 1. The lowest BCUT2D eigenvalue weighted by atomic mass is 9.94. The molecule has 5 rings (SSSR count). The van der Waals surface area contributed by atoms with Crippen LogP contribution in [-0.4, -0.2) is 78.5 Å². The van der Waals surface area contributed by atoms with E-state index < -0.39 is 0 Å². The molecule has 7 nitrogen and oxygen atoms in total. The Hall–Kier alpha value is -2.74. The quantitative estimate of drug-likeness (QED) is 0.689. The van der Waals surface area contributed by atoms with Crippen molar-refractivity contribution < 1.29 is 9.18 Å². The van der Waals surface area contributed by atoms with Crippen molar-refractivity contribution in [1.29, 1.82) is 0 Å². The number of amides is 1. The average molecular weight is 467 g/mol. The van der Waals surface area contributed by atoms with Gasteiger partial charge in [-0.3, -0.25) is 9.69 Å². The van der Waals surface area contributed by atoms with Gasteiger partial charge in [0.25, 0.3) is 5.91 Å². The molecule has 1 aromatic carbocycles. The van der Waals surface area contributed by atoms with Crippen LogP contribution < -0.4 is 9.80 Å². The molecule has 1 saturated heterocycles. The fraction of sp³-hybridized carbons (Fsp3) is 0.577. The van der Waals surface area contributed by atoms with E-state index >= 15 is 0 Å². The van der Waals surface area contributed by atoms with Crippen LogP contribution in [0.25, 0.3) is 0 Å². The van der Waals surface area contributed by atoms with E-state index in [0.717, 1.165) is 55.2 Å². The molecule has 0 bridgehead atoms. The molecular weight excluding hydrogens is 431 g/mol. The standard InChI is InChI=1S/C26H35FN6O/c1-30(2)24-22-18-33(25(34)19-8-10-20(27)11-9-19)13-12-23(22)28-26(29-24)32-16-14-31(15-17-32)21-6-4-3-5-7-21/h8-11,21H,3-7,12-18H2,1-2H3. The molecule has 0 N–H and O–H groups in total. The number of hydrogen-bond donors (Lipinski definition) is 0. The predicted molar refractivity (Wildman–Crippen MR) is 132 cm³/mol. The van der Waals surface area contributed by atoms with E-state index in [1.165, 1.54) is 44.2 Å². The van der Waals surface area contributed by atoms with Crippen LogP contribution >= 0.6 is 0 Å². The van der Waals surface area contributed by atoms with Gasteiger partial charge in [-0.1, -0.05) is 19.3 Å². The Bertz CT molecular complexity index is 1010. The maximum absolute atomic E-state index is 13.3. The van der Waals surface area contributed by atoms with Gasteiger partial charge in [-0.25, -0.2) is 9.37 Å². The first-order chi connectivity index (χ1) is 16.5. The van der Waals surface area contributed by atoms with Crippen LogP contribution in [-0.2, 0) is 13.0 Å².